The zero-order valence-electron chi connectivity index (χ0n) is 14.7. The number of aromatic nitrogens is 5. The Morgan fingerprint density at radius 2 is 1.85 bits per heavy atom. The molecule has 0 radical (unpaired) electrons. The van der Waals surface area contributed by atoms with Crippen molar-refractivity contribution in [2.75, 3.05) is 13.1 Å². The lowest BCUT2D eigenvalue weighted by atomic mass is 9.94. The lowest BCUT2D eigenvalue weighted by Gasteiger charge is -2.32. The van der Waals surface area contributed by atoms with Gasteiger partial charge in [-0.1, -0.05) is 12.1 Å². The van der Waals surface area contributed by atoms with Crippen molar-refractivity contribution < 1.29 is 14.7 Å². The molecule has 1 amide bonds. The number of hydrogen-bond donors (Lipinski definition) is 1. The van der Waals surface area contributed by atoms with Gasteiger partial charge in [-0.2, -0.15) is 20.1 Å². The van der Waals surface area contributed by atoms with Gasteiger partial charge in [0.1, 0.15) is 24.1 Å². The summed E-state index contributed by atoms with van der Waals surface area (Å²) in [6.07, 6.45) is 3.38. The van der Waals surface area contributed by atoms with Crippen LogP contribution in [0.25, 0.3) is 11.0 Å². The molecular weight excluding hydrogens is 348 g/mol. The van der Waals surface area contributed by atoms with Crippen molar-refractivity contribution in [1.82, 2.24) is 29.7 Å². The number of aliphatic carboxylic acids is 1. The average Bonchev–Trinajstić information content (AvgIpc) is 3.27. The molecule has 0 bridgehead atoms. The van der Waals surface area contributed by atoms with E-state index in [1.54, 1.807) is 11.1 Å². The average molecular weight is 368 g/mol. The topological polar surface area (TPSA) is 106 Å². The van der Waals surface area contributed by atoms with E-state index >= 15 is 0 Å². The number of fused-ring (bicyclic) bond motifs is 1. The van der Waals surface area contributed by atoms with Crippen molar-refractivity contribution in [3.05, 3.63) is 42.2 Å². The number of piperidine rings is 1. The maximum absolute atomic E-state index is 12.7. The third kappa shape index (κ3) is 3.67. The van der Waals surface area contributed by atoms with E-state index in [0.29, 0.717) is 13.1 Å². The van der Waals surface area contributed by atoms with Gasteiger partial charge in [0.15, 0.2) is 0 Å². The van der Waals surface area contributed by atoms with E-state index in [4.69, 9.17) is 5.11 Å². The first-order valence-electron chi connectivity index (χ1n) is 8.91. The third-order valence-corrected chi connectivity index (χ3v) is 4.83. The first-order chi connectivity index (χ1) is 13.1. The Kier molecular flexibility index (Phi) is 4.57. The van der Waals surface area contributed by atoms with Crippen LogP contribution in [0.3, 0.4) is 0 Å². The predicted molar refractivity (Wildman–Crippen MR) is 95.9 cm³/mol. The molecule has 1 aliphatic rings. The number of likely N-dealkylation sites (tertiary alicyclic amines) is 1. The predicted octanol–water partition coefficient (Wildman–Crippen LogP) is 1.12. The third-order valence-electron chi connectivity index (χ3n) is 4.83. The molecule has 9 nitrogen and oxygen atoms in total. The summed E-state index contributed by atoms with van der Waals surface area (Å²) < 4.78 is 1.50. The van der Waals surface area contributed by atoms with Gasteiger partial charge in [0, 0.05) is 30.9 Å². The van der Waals surface area contributed by atoms with Crippen LogP contribution in [-0.2, 0) is 22.7 Å². The van der Waals surface area contributed by atoms with E-state index in [9.17, 15) is 9.59 Å². The molecule has 0 saturated carbocycles. The first kappa shape index (κ1) is 17.2. The highest BCUT2D eigenvalue weighted by molar-refractivity contribution is 5.77. The number of carboxylic acid groups (broad SMARTS) is 1. The van der Waals surface area contributed by atoms with Gasteiger partial charge in [0.05, 0.1) is 0 Å². The number of carbonyl (C=O) groups excluding carboxylic acids is 1. The fourth-order valence-corrected chi connectivity index (χ4v) is 3.59. The monoisotopic (exact) mass is 368 g/mol. The lowest BCUT2D eigenvalue weighted by molar-refractivity contribution is -0.138. The second kappa shape index (κ2) is 7.18. The van der Waals surface area contributed by atoms with Crippen LogP contribution in [0.4, 0.5) is 0 Å². The number of carboxylic acids is 1. The fraction of sp³-hybridized carbons (Fsp3) is 0.389. The van der Waals surface area contributed by atoms with Crippen LogP contribution in [0.2, 0.25) is 0 Å². The molecule has 1 aromatic carbocycles. The summed E-state index contributed by atoms with van der Waals surface area (Å²) in [5, 5.41) is 21.8. The quantitative estimate of drug-likeness (QED) is 0.723. The van der Waals surface area contributed by atoms with Crippen LogP contribution in [0.1, 0.15) is 24.5 Å². The molecule has 9 heteroatoms. The Morgan fingerprint density at radius 3 is 2.56 bits per heavy atom. The number of rotatable bonds is 5. The summed E-state index contributed by atoms with van der Waals surface area (Å²) >= 11 is 0. The van der Waals surface area contributed by atoms with Crippen LogP contribution >= 0.6 is 0 Å². The van der Waals surface area contributed by atoms with Crippen LogP contribution in [0.15, 0.2) is 36.5 Å². The number of nitrogens with zero attached hydrogens (tertiary/aromatic N) is 6. The Labute approximate surface area is 155 Å². The van der Waals surface area contributed by atoms with Crippen LogP contribution in [0.5, 0.6) is 0 Å². The molecular formula is C18H20N6O3. The second-order valence-corrected chi connectivity index (χ2v) is 6.71. The van der Waals surface area contributed by atoms with Crippen LogP contribution in [-0.4, -0.2) is 59.7 Å². The zero-order valence-corrected chi connectivity index (χ0v) is 14.7. The van der Waals surface area contributed by atoms with Gasteiger partial charge in [0.2, 0.25) is 5.91 Å². The van der Waals surface area contributed by atoms with Crippen molar-refractivity contribution in [2.45, 2.75) is 31.8 Å². The smallest absolute Gasteiger partial charge is 0.325 e. The highest BCUT2D eigenvalue weighted by Crippen LogP contribution is 2.27. The minimum absolute atomic E-state index is 0.0377. The van der Waals surface area contributed by atoms with Crippen LogP contribution in [0, 0.1) is 0 Å². The van der Waals surface area contributed by atoms with Crippen molar-refractivity contribution in [1.29, 1.82) is 0 Å². The molecule has 2 aromatic heterocycles. The zero-order chi connectivity index (χ0) is 18.8. The maximum Gasteiger partial charge on any atom is 0.325 e. The summed E-state index contributed by atoms with van der Waals surface area (Å²) in [6.45, 7) is 1.15. The molecule has 1 aliphatic heterocycles. The molecule has 140 valence electrons. The van der Waals surface area contributed by atoms with E-state index in [-0.39, 0.29) is 24.9 Å². The van der Waals surface area contributed by atoms with E-state index in [0.717, 1.165) is 29.6 Å². The van der Waals surface area contributed by atoms with E-state index < -0.39 is 5.97 Å². The summed E-state index contributed by atoms with van der Waals surface area (Å²) in [5.41, 5.74) is 2.39. The summed E-state index contributed by atoms with van der Waals surface area (Å²) in [4.78, 5) is 27.0. The van der Waals surface area contributed by atoms with Gasteiger partial charge in [-0.05, 0) is 31.0 Å². The van der Waals surface area contributed by atoms with Crippen molar-refractivity contribution in [2.24, 2.45) is 0 Å². The van der Waals surface area contributed by atoms with E-state index in [1.807, 2.05) is 30.3 Å². The molecule has 1 atom stereocenters. The highest BCUT2D eigenvalue weighted by Gasteiger charge is 2.27. The van der Waals surface area contributed by atoms with Gasteiger partial charge in [0.25, 0.3) is 0 Å². The van der Waals surface area contributed by atoms with Crippen LogP contribution < -0.4 is 0 Å². The number of hydrogen-bond acceptors (Lipinski definition) is 5. The largest absolute Gasteiger partial charge is 0.480 e. The molecule has 1 saturated heterocycles. The summed E-state index contributed by atoms with van der Waals surface area (Å²) in [7, 11) is 0. The van der Waals surface area contributed by atoms with Crippen molar-refractivity contribution in [3.8, 4) is 0 Å². The standard InChI is InChI=1S/C18H20N6O3/c25-17(11-24-20-14-5-1-2-6-15(14)21-24)22-9-3-4-13(10-22)16-7-8-19-23(16)12-18(26)27/h1-2,5-8,13H,3-4,9-12H2,(H,26,27)/t13-/m1/s1. The molecule has 0 aliphatic carbocycles. The highest BCUT2D eigenvalue weighted by atomic mass is 16.4. The van der Waals surface area contributed by atoms with Gasteiger partial charge in [-0.3, -0.25) is 14.3 Å². The Hall–Kier alpha value is -3.23. The lowest BCUT2D eigenvalue weighted by Crippen LogP contribution is -2.41. The molecule has 0 unspecified atom stereocenters. The normalized spacial score (nSPS) is 17.3. The summed E-state index contributed by atoms with van der Waals surface area (Å²) in [6, 6.07) is 9.34. The molecule has 4 rings (SSSR count). The second-order valence-electron chi connectivity index (χ2n) is 6.71. The Balaban J connectivity index is 1.45. The molecule has 3 aromatic rings. The fourth-order valence-electron chi connectivity index (χ4n) is 3.59. The van der Waals surface area contributed by atoms with E-state index in [2.05, 4.69) is 15.3 Å². The minimum atomic E-state index is -0.930. The number of benzene rings is 1. The Bertz CT molecular complexity index is 945. The van der Waals surface area contributed by atoms with Crippen molar-refractivity contribution in [3.63, 3.8) is 0 Å². The molecule has 1 N–H and O–H groups in total. The minimum Gasteiger partial charge on any atom is -0.480 e. The van der Waals surface area contributed by atoms with E-state index in [1.165, 1.54) is 9.48 Å². The molecule has 27 heavy (non-hydrogen) atoms. The summed E-state index contributed by atoms with van der Waals surface area (Å²) in [5.74, 6) is -0.890. The van der Waals surface area contributed by atoms with Gasteiger partial charge < -0.3 is 10.0 Å². The molecule has 3 heterocycles. The maximum atomic E-state index is 12.7. The van der Waals surface area contributed by atoms with Gasteiger partial charge in [-0.15, -0.1) is 0 Å². The van der Waals surface area contributed by atoms with Crippen molar-refractivity contribution >= 4 is 22.9 Å². The first-order valence-corrected chi connectivity index (χ1v) is 8.91. The van der Waals surface area contributed by atoms with Gasteiger partial charge >= 0.3 is 5.97 Å². The Morgan fingerprint density at radius 1 is 1.11 bits per heavy atom. The van der Waals surface area contributed by atoms with Gasteiger partial charge in [-0.25, -0.2) is 0 Å². The molecule has 0 spiro atoms. The SMILES string of the molecule is O=C(O)Cn1nccc1[C@@H]1CCCN(C(=O)Cn2nc3ccccc3n2)C1. The number of amides is 1. The number of carbonyl (C=O) groups is 2. The molecule has 1 fully saturated rings.